The van der Waals surface area contributed by atoms with Crippen molar-refractivity contribution in [3.63, 3.8) is 0 Å². The van der Waals surface area contributed by atoms with Gasteiger partial charge in [-0.25, -0.2) is 0 Å². The van der Waals surface area contributed by atoms with Crippen molar-refractivity contribution >= 4 is 0 Å². The van der Waals surface area contributed by atoms with Crippen molar-refractivity contribution in [2.75, 3.05) is 6.61 Å². The minimum atomic E-state index is 0.273. The van der Waals surface area contributed by atoms with Gasteiger partial charge in [-0.1, -0.05) is 39.8 Å². The summed E-state index contributed by atoms with van der Waals surface area (Å²) in [6.07, 6.45) is 5.25. The van der Waals surface area contributed by atoms with Gasteiger partial charge in [-0.05, 0) is 30.6 Å². The van der Waals surface area contributed by atoms with Gasteiger partial charge in [-0.15, -0.1) is 0 Å². The van der Waals surface area contributed by atoms with Crippen molar-refractivity contribution in [1.82, 2.24) is 0 Å². The van der Waals surface area contributed by atoms with Gasteiger partial charge in [0, 0.05) is 6.61 Å². The first kappa shape index (κ1) is 12.7. The van der Waals surface area contributed by atoms with E-state index in [0.29, 0.717) is 18.4 Å². The third-order valence-corrected chi connectivity index (χ3v) is 3.49. The maximum Gasteiger partial charge on any atom is 0.0433 e. The van der Waals surface area contributed by atoms with Crippen molar-refractivity contribution in [3.8, 4) is 0 Å². The third kappa shape index (κ3) is 3.51. The lowest BCUT2D eigenvalue weighted by molar-refractivity contribution is 0.133. The molecule has 1 nitrogen and oxygen atoms in total. The summed E-state index contributed by atoms with van der Waals surface area (Å²) in [7, 11) is 0. The Morgan fingerprint density at radius 3 is 2.23 bits per heavy atom. The van der Waals surface area contributed by atoms with Gasteiger partial charge in [0.05, 0.1) is 0 Å². The molecule has 0 fully saturated rings. The zero-order valence-corrected chi connectivity index (χ0v) is 9.67. The molecule has 78 valence electrons. The zero-order valence-electron chi connectivity index (χ0n) is 9.67. The van der Waals surface area contributed by atoms with Gasteiger partial charge in [0.15, 0.2) is 0 Å². The Labute approximate surface area is 82.9 Å². The molecule has 0 unspecified atom stereocenters. The molecular formula is C12H24O. The Hall–Kier alpha value is -0.300. The summed E-state index contributed by atoms with van der Waals surface area (Å²) in [4.78, 5) is 0. The van der Waals surface area contributed by atoms with Gasteiger partial charge in [-0.2, -0.15) is 0 Å². The van der Waals surface area contributed by atoms with E-state index in [4.69, 9.17) is 5.11 Å². The number of rotatable bonds is 5. The smallest absolute Gasteiger partial charge is 0.0433 e. The highest BCUT2D eigenvalue weighted by Gasteiger charge is 2.29. The average molecular weight is 184 g/mol. The summed E-state index contributed by atoms with van der Waals surface area (Å²) in [5.41, 5.74) is 0.273. The van der Waals surface area contributed by atoms with Crippen LogP contribution in [0.3, 0.4) is 0 Å². The molecule has 0 saturated carbocycles. The molecule has 1 N–H and O–H groups in total. The highest BCUT2D eigenvalue weighted by molar-refractivity contribution is 4.93. The van der Waals surface area contributed by atoms with Crippen LogP contribution in [0, 0.1) is 17.3 Å². The maximum absolute atomic E-state index is 8.89. The molecule has 2 atom stereocenters. The van der Waals surface area contributed by atoms with Gasteiger partial charge in [0.25, 0.3) is 0 Å². The fourth-order valence-electron chi connectivity index (χ4n) is 1.55. The van der Waals surface area contributed by atoms with Crippen LogP contribution in [0.1, 0.15) is 41.0 Å². The Morgan fingerprint density at radius 2 is 1.85 bits per heavy atom. The minimum absolute atomic E-state index is 0.273. The first-order valence-corrected chi connectivity index (χ1v) is 5.20. The van der Waals surface area contributed by atoms with E-state index in [9.17, 15) is 0 Å². The standard InChI is InChI=1S/C12H24O/c1-6-7-10(2)12(4,5)11(3)8-9-13/h6-7,10-11,13H,8-9H2,1-5H3/b7-6+/t10-,11-/m0/s1. The SMILES string of the molecule is C/C=C/[C@H](C)C(C)(C)[C@@H](C)CCO. The van der Waals surface area contributed by atoms with Crippen LogP contribution in [0.25, 0.3) is 0 Å². The Kier molecular flexibility index (Phi) is 5.31. The van der Waals surface area contributed by atoms with Crippen molar-refractivity contribution in [1.29, 1.82) is 0 Å². The predicted molar refractivity (Wildman–Crippen MR) is 58.6 cm³/mol. The van der Waals surface area contributed by atoms with Gasteiger partial charge in [0.2, 0.25) is 0 Å². The van der Waals surface area contributed by atoms with Crippen LogP contribution in [-0.2, 0) is 0 Å². The van der Waals surface area contributed by atoms with Crippen LogP contribution >= 0.6 is 0 Å². The number of hydrogen-bond donors (Lipinski definition) is 1. The molecule has 0 bridgehead atoms. The molecule has 0 amide bonds. The first-order chi connectivity index (χ1) is 5.96. The largest absolute Gasteiger partial charge is 0.396 e. The van der Waals surface area contributed by atoms with E-state index in [1.165, 1.54) is 0 Å². The van der Waals surface area contributed by atoms with E-state index in [1.54, 1.807) is 0 Å². The molecule has 0 heterocycles. The molecule has 0 aromatic rings. The molecule has 0 saturated heterocycles. The second-order valence-electron chi connectivity index (χ2n) is 4.55. The van der Waals surface area contributed by atoms with Gasteiger partial charge >= 0.3 is 0 Å². The van der Waals surface area contributed by atoms with E-state index in [-0.39, 0.29) is 5.41 Å². The normalized spacial score (nSPS) is 17.7. The molecular weight excluding hydrogens is 160 g/mol. The Morgan fingerprint density at radius 1 is 1.31 bits per heavy atom. The lowest BCUT2D eigenvalue weighted by atomic mass is 9.69. The predicted octanol–water partition coefficient (Wildman–Crippen LogP) is 3.24. The molecule has 0 aromatic heterocycles. The molecule has 1 heteroatoms. The van der Waals surface area contributed by atoms with Gasteiger partial charge in [0.1, 0.15) is 0 Å². The quantitative estimate of drug-likeness (QED) is 0.650. The van der Waals surface area contributed by atoms with Crippen molar-refractivity contribution in [2.45, 2.75) is 41.0 Å². The third-order valence-electron chi connectivity index (χ3n) is 3.49. The molecule has 13 heavy (non-hydrogen) atoms. The van der Waals surface area contributed by atoms with Crippen LogP contribution in [0.15, 0.2) is 12.2 Å². The van der Waals surface area contributed by atoms with Crippen LogP contribution < -0.4 is 0 Å². The van der Waals surface area contributed by atoms with Crippen molar-refractivity contribution in [3.05, 3.63) is 12.2 Å². The summed E-state index contributed by atoms with van der Waals surface area (Å²) >= 11 is 0. The molecule has 0 spiro atoms. The van der Waals surface area contributed by atoms with Crippen LogP contribution in [0.2, 0.25) is 0 Å². The number of aliphatic hydroxyl groups is 1. The fraction of sp³-hybridized carbons (Fsp3) is 0.833. The minimum Gasteiger partial charge on any atom is -0.396 e. The number of aliphatic hydroxyl groups excluding tert-OH is 1. The average Bonchev–Trinajstić information content (AvgIpc) is 2.05. The summed E-state index contributed by atoms with van der Waals surface area (Å²) in [5, 5.41) is 8.89. The van der Waals surface area contributed by atoms with E-state index in [1.807, 2.05) is 0 Å². The molecule has 0 aliphatic rings. The lowest BCUT2D eigenvalue weighted by Crippen LogP contribution is -2.28. The second-order valence-corrected chi connectivity index (χ2v) is 4.55. The Balaban J connectivity index is 4.34. The second kappa shape index (κ2) is 5.43. The summed E-state index contributed by atoms with van der Waals surface area (Å²) in [6, 6.07) is 0. The number of allylic oxidation sites excluding steroid dienone is 2. The molecule has 0 aromatic carbocycles. The number of hydrogen-bond acceptors (Lipinski definition) is 1. The topological polar surface area (TPSA) is 20.2 Å². The molecule has 0 aliphatic carbocycles. The molecule has 0 radical (unpaired) electrons. The van der Waals surface area contributed by atoms with Gasteiger partial charge < -0.3 is 5.11 Å². The fourth-order valence-corrected chi connectivity index (χ4v) is 1.55. The van der Waals surface area contributed by atoms with E-state index >= 15 is 0 Å². The summed E-state index contributed by atoms with van der Waals surface area (Å²) in [6.45, 7) is 11.4. The highest BCUT2D eigenvalue weighted by Crippen LogP contribution is 2.37. The maximum atomic E-state index is 8.89. The van der Waals surface area contributed by atoms with Crippen LogP contribution in [0.5, 0.6) is 0 Å². The van der Waals surface area contributed by atoms with Crippen LogP contribution in [-0.4, -0.2) is 11.7 Å². The van der Waals surface area contributed by atoms with E-state index in [0.717, 1.165) is 6.42 Å². The van der Waals surface area contributed by atoms with E-state index < -0.39 is 0 Å². The molecule has 0 rings (SSSR count). The summed E-state index contributed by atoms with van der Waals surface area (Å²) in [5.74, 6) is 1.13. The highest BCUT2D eigenvalue weighted by atomic mass is 16.3. The van der Waals surface area contributed by atoms with E-state index in [2.05, 4.69) is 46.8 Å². The monoisotopic (exact) mass is 184 g/mol. The lowest BCUT2D eigenvalue weighted by Gasteiger charge is -2.36. The first-order valence-electron chi connectivity index (χ1n) is 5.20. The Bertz CT molecular complexity index is 159. The summed E-state index contributed by atoms with van der Waals surface area (Å²) < 4.78 is 0. The van der Waals surface area contributed by atoms with Crippen molar-refractivity contribution in [2.24, 2.45) is 17.3 Å². The van der Waals surface area contributed by atoms with Crippen molar-refractivity contribution < 1.29 is 5.11 Å². The molecule has 0 aliphatic heterocycles. The van der Waals surface area contributed by atoms with Gasteiger partial charge in [-0.3, -0.25) is 0 Å². The zero-order chi connectivity index (χ0) is 10.5. The van der Waals surface area contributed by atoms with Crippen LogP contribution in [0.4, 0.5) is 0 Å².